The largest absolute Gasteiger partial charge is 0.243 e. The van der Waals surface area contributed by atoms with Gasteiger partial charge in [0.1, 0.15) is 0 Å². The number of halogens is 2. The van der Waals surface area contributed by atoms with Crippen LogP contribution in [0.15, 0.2) is 11.5 Å². The van der Waals surface area contributed by atoms with Gasteiger partial charge in [0.25, 0.3) is 0 Å². The van der Waals surface area contributed by atoms with Crippen LogP contribution in [0, 0.1) is 0 Å². The zero-order valence-electron chi connectivity index (χ0n) is 9.16. The molecule has 0 radical (unpaired) electrons. The normalized spacial score (nSPS) is 20.7. The van der Waals surface area contributed by atoms with Gasteiger partial charge in [-0.2, -0.15) is 0 Å². The molecule has 0 bridgehead atoms. The Morgan fingerprint density at radius 3 is 2.67 bits per heavy atom. The molecule has 1 aliphatic rings. The second kappa shape index (κ2) is 7.83. The highest BCUT2D eigenvalue weighted by Crippen LogP contribution is 2.22. The summed E-state index contributed by atoms with van der Waals surface area (Å²) in [6.07, 6.45) is 6.48. The number of rotatable bonds is 7. The fourth-order valence-corrected chi connectivity index (χ4v) is 2.95. The minimum atomic E-state index is 0.132. The Hall–Kier alpha value is 0.630. The van der Waals surface area contributed by atoms with E-state index < -0.39 is 0 Å². The predicted octanol–water partition coefficient (Wildman–Crippen LogP) is 4.26. The van der Waals surface area contributed by atoms with E-state index in [1.165, 1.54) is 0 Å². The first-order valence-electron chi connectivity index (χ1n) is 5.59. The van der Waals surface area contributed by atoms with Gasteiger partial charge in [-0.25, -0.2) is 4.31 Å². The number of hydrogen-bond donors (Lipinski definition) is 0. The third-order valence-corrected chi connectivity index (χ3v) is 4.58. The van der Waals surface area contributed by atoms with Crippen LogP contribution in [0.3, 0.4) is 0 Å². The molecule has 1 nitrogen and oxygen atoms in total. The summed E-state index contributed by atoms with van der Waals surface area (Å²) in [7, 11) is 0. The number of alkyl halides is 2. The maximum absolute atomic E-state index is 6.22. The van der Waals surface area contributed by atoms with Crippen LogP contribution in [0.2, 0.25) is 0 Å². The monoisotopic (exact) mass is 267 g/mol. The van der Waals surface area contributed by atoms with E-state index >= 15 is 0 Å². The lowest BCUT2D eigenvalue weighted by Crippen LogP contribution is -2.18. The lowest BCUT2D eigenvalue weighted by molar-refractivity contribution is 0.488. The van der Waals surface area contributed by atoms with Gasteiger partial charge in [0.15, 0.2) is 0 Å². The highest BCUT2D eigenvalue weighted by atomic mass is 35.5. The maximum Gasteiger partial charge on any atom is 0.0500 e. The molecular formula is C11H19Cl2NS. The summed E-state index contributed by atoms with van der Waals surface area (Å²) in [5.74, 6) is 0. The molecule has 4 heteroatoms. The molecule has 0 N–H and O–H groups in total. The summed E-state index contributed by atoms with van der Waals surface area (Å²) < 4.78 is 2.34. The standard InChI is InChI=1S/C11H19Cl2NS/c1-2-5-10(12)11(13)6-3-7-14-8-4-9-15-14/h4,9-11H,2-3,5-8H2,1H3. The van der Waals surface area contributed by atoms with E-state index in [-0.39, 0.29) is 10.8 Å². The number of nitrogens with zero attached hydrogens (tertiary/aromatic N) is 1. The van der Waals surface area contributed by atoms with E-state index in [4.69, 9.17) is 23.2 Å². The average molecular weight is 268 g/mol. The minimum Gasteiger partial charge on any atom is -0.243 e. The summed E-state index contributed by atoms with van der Waals surface area (Å²) in [6.45, 7) is 4.32. The Balaban J connectivity index is 2.03. The van der Waals surface area contributed by atoms with Crippen molar-refractivity contribution in [2.24, 2.45) is 0 Å². The maximum atomic E-state index is 6.22. The van der Waals surface area contributed by atoms with Crippen LogP contribution in [0.4, 0.5) is 0 Å². The SMILES string of the molecule is CCCC(Cl)C(Cl)CCCN1CC=CS1. The van der Waals surface area contributed by atoms with Gasteiger partial charge in [-0.15, -0.1) is 23.2 Å². The highest BCUT2D eigenvalue weighted by Gasteiger charge is 2.16. The van der Waals surface area contributed by atoms with Gasteiger partial charge in [-0.05, 0) is 24.7 Å². The van der Waals surface area contributed by atoms with Crippen LogP contribution in [-0.2, 0) is 0 Å². The molecule has 1 aliphatic heterocycles. The Labute approximate surface area is 107 Å². The van der Waals surface area contributed by atoms with Crippen molar-refractivity contribution in [3.05, 3.63) is 11.5 Å². The van der Waals surface area contributed by atoms with Crippen LogP contribution < -0.4 is 0 Å². The fourth-order valence-electron chi connectivity index (χ4n) is 1.58. The van der Waals surface area contributed by atoms with Gasteiger partial charge in [-0.1, -0.05) is 31.4 Å². The molecule has 0 spiro atoms. The molecule has 0 aromatic carbocycles. The molecule has 1 heterocycles. The van der Waals surface area contributed by atoms with Crippen molar-refractivity contribution in [2.45, 2.75) is 43.4 Å². The molecule has 0 aliphatic carbocycles. The Morgan fingerprint density at radius 1 is 1.33 bits per heavy atom. The van der Waals surface area contributed by atoms with E-state index in [0.717, 1.165) is 38.8 Å². The predicted molar refractivity (Wildman–Crippen MR) is 71.7 cm³/mol. The van der Waals surface area contributed by atoms with Crippen molar-refractivity contribution in [1.82, 2.24) is 4.31 Å². The lowest BCUT2D eigenvalue weighted by atomic mass is 10.1. The first-order chi connectivity index (χ1) is 7.24. The third kappa shape index (κ3) is 5.48. The van der Waals surface area contributed by atoms with E-state index in [9.17, 15) is 0 Å². The first-order valence-corrected chi connectivity index (χ1v) is 7.30. The summed E-state index contributed by atoms with van der Waals surface area (Å²) in [6, 6.07) is 0. The van der Waals surface area contributed by atoms with E-state index in [2.05, 4.69) is 22.7 Å². The summed E-state index contributed by atoms with van der Waals surface area (Å²) in [5.41, 5.74) is 0. The number of hydrogen-bond acceptors (Lipinski definition) is 2. The Bertz CT molecular complexity index is 191. The van der Waals surface area contributed by atoms with Crippen molar-refractivity contribution >= 4 is 35.1 Å². The van der Waals surface area contributed by atoms with Gasteiger partial charge in [0, 0.05) is 23.8 Å². The molecule has 0 saturated carbocycles. The average Bonchev–Trinajstić information content (AvgIpc) is 2.71. The fraction of sp³-hybridized carbons (Fsp3) is 0.818. The first kappa shape index (κ1) is 13.7. The Morgan fingerprint density at radius 2 is 2.07 bits per heavy atom. The van der Waals surface area contributed by atoms with Crippen molar-refractivity contribution in [3.8, 4) is 0 Å². The highest BCUT2D eigenvalue weighted by molar-refractivity contribution is 8.00. The molecule has 1 rings (SSSR count). The molecule has 2 unspecified atom stereocenters. The van der Waals surface area contributed by atoms with Gasteiger partial charge in [-0.3, -0.25) is 0 Å². The molecule has 0 aromatic rings. The van der Waals surface area contributed by atoms with Crippen LogP contribution >= 0.6 is 35.1 Å². The molecule has 0 fully saturated rings. The van der Waals surface area contributed by atoms with Gasteiger partial charge in [0.2, 0.25) is 0 Å². The van der Waals surface area contributed by atoms with Crippen LogP contribution in [0.5, 0.6) is 0 Å². The third-order valence-electron chi connectivity index (χ3n) is 2.46. The van der Waals surface area contributed by atoms with Gasteiger partial charge < -0.3 is 0 Å². The molecule has 0 saturated heterocycles. The summed E-state index contributed by atoms with van der Waals surface area (Å²) >= 11 is 14.2. The van der Waals surface area contributed by atoms with Crippen molar-refractivity contribution in [1.29, 1.82) is 0 Å². The smallest absolute Gasteiger partial charge is 0.0500 e. The summed E-state index contributed by atoms with van der Waals surface area (Å²) in [5, 5.41) is 2.41. The second-order valence-corrected chi connectivity index (χ2v) is 5.95. The van der Waals surface area contributed by atoms with Crippen molar-refractivity contribution < 1.29 is 0 Å². The lowest BCUT2D eigenvalue weighted by Gasteiger charge is -2.17. The zero-order chi connectivity index (χ0) is 11.1. The minimum absolute atomic E-state index is 0.132. The quantitative estimate of drug-likeness (QED) is 0.501. The molecule has 2 atom stereocenters. The molecular weight excluding hydrogens is 249 g/mol. The van der Waals surface area contributed by atoms with Crippen molar-refractivity contribution in [3.63, 3.8) is 0 Å². The van der Waals surface area contributed by atoms with E-state index in [1.54, 1.807) is 11.9 Å². The van der Waals surface area contributed by atoms with Gasteiger partial charge >= 0.3 is 0 Å². The topological polar surface area (TPSA) is 3.24 Å². The Kier molecular flexibility index (Phi) is 7.15. The van der Waals surface area contributed by atoms with Crippen LogP contribution in [0.25, 0.3) is 0 Å². The van der Waals surface area contributed by atoms with Crippen LogP contribution in [-0.4, -0.2) is 28.1 Å². The second-order valence-electron chi connectivity index (χ2n) is 3.83. The zero-order valence-corrected chi connectivity index (χ0v) is 11.5. The van der Waals surface area contributed by atoms with E-state index in [0.29, 0.717) is 0 Å². The molecule has 0 aromatic heterocycles. The van der Waals surface area contributed by atoms with Gasteiger partial charge in [0.05, 0.1) is 0 Å². The summed E-state index contributed by atoms with van der Waals surface area (Å²) in [4.78, 5) is 0. The van der Waals surface area contributed by atoms with Crippen molar-refractivity contribution in [2.75, 3.05) is 13.1 Å². The van der Waals surface area contributed by atoms with Crippen LogP contribution in [0.1, 0.15) is 32.6 Å². The molecule has 0 amide bonds. The molecule has 15 heavy (non-hydrogen) atoms. The van der Waals surface area contributed by atoms with E-state index in [1.807, 2.05) is 0 Å². The molecule has 88 valence electrons.